The number of likely N-dealkylation sites (N-methyl/N-ethyl adjacent to an activating group) is 1. The fourth-order valence-electron chi connectivity index (χ4n) is 2.47. The molecule has 0 aliphatic carbocycles. The molecule has 1 unspecified atom stereocenters. The monoisotopic (exact) mass is 295 g/mol. The average molecular weight is 296 g/mol. The first-order valence-electron chi connectivity index (χ1n) is 6.99. The highest BCUT2D eigenvalue weighted by molar-refractivity contribution is 6.30. The zero-order valence-electron chi connectivity index (χ0n) is 12.1. The lowest BCUT2D eigenvalue weighted by atomic mass is 10.2. The number of carbonyl (C=O) groups is 1. The third-order valence-corrected chi connectivity index (χ3v) is 3.78. The van der Waals surface area contributed by atoms with Crippen molar-refractivity contribution in [2.75, 3.05) is 33.2 Å². The van der Waals surface area contributed by atoms with Crippen LogP contribution in [-0.2, 0) is 11.3 Å². The van der Waals surface area contributed by atoms with E-state index in [9.17, 15) is 4.79 Å². The summed E-state index contributed by atoms with van der Waals surface area (Å²) in [6, 6.07) is 8.10. The van der Waals surface area contributed by atoms with Crippen LogP contribution in [0.4, 0.5) is 0 Å². The topological polar surface area (TPSA) is 35.6 Å². The van der Waals surface area contributed by atoms with Crippen LogP contribution in [0.25, 0.3) is 0 Å². The predicted octanol–water partition coefficient (Wildman–Crippen LogP) is 1.59. The molecule has 1 atom stereocenters. The molecule has 0 radical (unpaired) electrons. The summed E-state index contributed by atoms with van der Waals surface area (Å²) in [5.74, 6) is 0.152. The maximum atomic E-state index is 12.2. The van der Waals surface area contributed by atoms with E-state index in [4.69, 9.17) is 11.6 Å². The van der Waals surface area contributed by atoms with Crippen LogP contribution in [-0.4, -0.2) is 55.0 Å². The van der Waals surface area contributed by atoms with Gasteiger partial charge < -0.3 is 10.2 Å². The molecule has 1 aliphatic heterocycles. The summed E-state index contributed by atoms with van der Waals surface area (Å²) in [6.07, 6.45) is 0. The maximum Gasteiger partial charge on any atom is 0.236 e. The number of nitrogens with zero attached hydrogens (tertiary/aromatic N) is 2. The molecule has 0 saturated carbocycles. The lowest BCUT2D eigenvalue weighted by Crippen LogP contribution is -2.51. The van der Waals surface area contributed by atoms with Crippen molar-refractivity contribution in [3.05, 3.63) is 34.9 Å². The van der Waals surface area contributed by atoms with Crippen LogP contribution in [0.1, 0.15) is 12.5 Å². The van der Waals surface area contributed by atoms with E-state index in [1.54, 1.807) is 4.90 Å². The van der Waals surface area contributed by atoms with E-state index in [0.29, 0.717) is 24.2 Å². The van der Waals surface area contributed by atoms with Gasteiger partial charge in [0.15, 0.2) is 0 Å². The molecule has 0 aromatic heterocycles. The molecule has 1 amide bonds. The number of hydrogen-bond donors (Lipinski definition) is 1. The van der Waals surface area contributed by atoms with Crippen LogP contribution in [0, 0.1) is 0 Å². The number of rotatable bonds is 4. The lowest BCUT2D eigenvalue weighted by Gasteiger charge is -2.32. The summed E-state index contributed by atoms with van der Waals surface area (Å²) in [6.45, 7) is 6.04. The number of carbonyl (C=O) groups excluding carboxylic acids is 1. The smallest absolute Gasteiger partial charge is 0.236 e. The van der Waals surface area contributed by atoms with E-state index in [0.717, 1.165) is 25.2 Å². The first kappa shape index (κ1) is 15.3. The van der Waals surface area contributed by atoms with Crippen LogP contribution >= 0.6 is 11.6 Å². The van der Waals surface area contributed by atoms with Gasteiger partial charge >= 0.3 is 0 Å². The van der Waals surface area contributed by atoms with Crippen LogP contribution in [0.5, 0.6) is 0 Å². The van der Waals surface area contributed by atoms with E-state index < -0.39 is 0 Å². The van der Waals surface area contributed by atoms with Gasteiger partial charge in [0.2, 0.25) is 5.91 Å². The molecule has 1 N–H and O–H groups in total. The minimum atomic E-state index is 0.152. The van der Waals surface area contributed by atoms with E-state index >= 15 is 0 Å². The number of nitrogens with one attached hydrogen (secondary N) is 1. The van der Waals surface area contributed by atoms with E-state index in [1.165, 1.54) is 0 Å². The number of piperazine rings is 1. The molecule has 1 aromatic rings. The van der Waals surface area contributed by atoms with Crippen molar-refractivity contribution in [3.63, 3.8) is 0 Å². The molecular formula is C15H22ClN3O. The van der Waals surface area contributed by atoms with Crippen molar-refractivity contribution < 1.29 is 4.79 Å². The van der Waals surface area contributed by atoms with E-state index in [-0.39, 0.29) is 5.91 Å². The first-order valence-corrected chi connectivity index (χ1v) is 7.36. The van der Waals surface area contributed by atoms with Crippen molar-refractivity contribution >= 4 is 17.5 Å². The highest BCUT2D eigenvalue weighted by Crippen LogP contribution is 2.12. The maximum absolute atomic E-state index is 12.2. The summed E-state index contributed by atoms with van der Waals surface area (Å²) in [7, 11) is 1.84. The second-order valence-corrected chi connectivity index (χ2v) is 5.91. The van der Waals surface area contributed by atoms with Crippen LogP contribution in [0.3, 0.4) is 0 Å². The van der Waals surface area contributed by atoms with Gasteiger partial charge in [0.05, 0.1) is 6.54 Å². The highest BCUT2D eigenvalue weighted by Gasteiger charge is 2.19. The molecule has 1 aliphatic rings. The minimum Gasteiger partial charge on any atom is -0.340 e. The third kappa shape index (κ3) is 4.47. The molecule has 1 heterocycles. The Bertz CT molecular complexity index is 466. The second-order valence-electron chi connectivity index (χ2n) is 5.47. The van der Waals surface area contributed by atoms with E-state index in [1.807, 2.05) is 31.3 Å². The molecule has 1 aromatic carbocycles. The molecule has 4 nitrogen and oxygen atoms in total. The number of halogens is 1. The van der Waals surface area contributed by atoms with Gasteiger partial charge in [-0.25, -0.2) is 0 Å². The first-order chi connectivity index (χ1) is 9.54. The Labute approximate surface area is 125 Å². The summed E-state index contributed by atoms with van der Waals surface area (Å²) in [5.41, 5.74) is 1.06. The fourth-order valence-corrected chi connectivity index (χ4v) is 2.68. The molecule has 1 fully saturated rings. The van der Waals surface area contributed by atoms with Gasteiger partial charge in [-0.2, -0.15) is 0 Å². The minimum absolute atomic E-state index is 0.152. The predicted molar refractivity (Wildman–Crippen MR) is 81.8 cm³/mol. The Kier molecular flexibility index (Phi) is 5.40. The van der Waals surface area contributed by atoms with Crippen LogP contribution < -0.4 is 5.32 Å². The zero-order chi connectivity index (χ0) is 14.5. The van der Waals surface area contributed by atoms with Crippen molar-refractivity contribution in [1.82, 2.24) is 15.1 Å². The third-order valence-electron chi connectivity index (χ3n) is 3.55. The van der Waals surface area contributed by atoms with Crippen molar-refractivity contribution in [2.24, 2.45) is 0 Å². The normalized spacial score (nSPS) is 19.9. The largest absolute Gasteiger partial charge is 0.340 e. The second kappa shape index (κ2) is 7.07. The van der Waals surface area contributed by atoms with Crippen molar-refractivity contribution in [1.29, 1.82) is 0 Å². The molecule has 1 saturated heterocycles. The molecule has 20 heavy (non-hydrogen) atoms. The zero-order valence-corrected chi connectivity index (χ0v) is 12.9. The van der Waals surface area contributed by atoms with Crippen LogP contribution in [0.15, 0.2) is 24.3 Å². The molecule has 0 spiro atoms. The Morgan fingerprint density at radius 1 is 1.55 bits per heavy atom. The SMILES string of the molecule is CC1CN(CC(=O)N(C)Cc2cccc(Cl)c2)CCN1. The number of benzene rings is 1. The highest BCUT2D eigenvalue weighted by atomic mass is 35.5. The molecule has 2 rings (SSSR count). The molecule has 0 bridgehead atoms. The van der Waals surface area contributed by atoms with Gasteiger partial charge in [0.1, 0.15) is 0 Å². The quantitative estimate of drug-likeness (QED) is 0.916. The van der Waals surface area contributed by atoms with Gasteiger partial charge in [-0.05, 0) is 24.6 Å². The summed E-state index contributed by atoms with van der Waals surface area (Å²) in [5, 5.41) is 4.09. The van der Waals surface area contributed by atoms with Crippen molar-refractivity contribution in [2.45, 2.75) is 19.5 Å². The average Bonchev–Trinajstić information content (AvgIpc) is 2.38. The Hall–Kier alpha value is -1.10. The van der Waals surface area contributed by atoms with Gasteiger partial charge in [0.25, 0.3) is 0 Å². The van der Waals surface area contributed by atoms with Gasteiger partial charge in [0, 0.05) is 44.3 Å². The standard InChI is InChI=1S/C15H22ClN3O/c1-12-9-19(7-6-17-12)11-15(20)18(2)10-13-4-3-5-14(16)8-13/h3-5,8,12,17H,6-7,9-11H2,1-2H3. The summed E-state index contributed by atoms with van der Waals surface area (Å²) >= 11 is 5.96. The summed E-state index contributed by atoms with van der Waals surface area (Å²) < 4.78 is 0. The summed E-state index contributed by atoms with van der Waals surface area (Å²) in [4.78, 5) is 16.2. The van der Waals surface area contributed by atoms with Gasteiger partial charge in [-0.3, -0.25) is 9.69 Å². The number of hydrogen-bond acceptors (Lipinski definition) is 3. The Balaban J connectivity index is 1.85. The molecule has 110 valence electrons. The Morgan fingerprint density at radius 3 is 3.05 bits per heavy atom. The lowest BCUT2D eigenvalue weighted by molar-refractivity contribution is -0.131. The molecular weight excluding hydrogens is 274 g/mol. The Morgan fingerprint density at radius 2 is 2.35 bits per heavy atom. The van der Waals surface area contributed by atoms with Crippen molar-refractivity contribution in [3.8, 4) is 0 Å². The van der Waals surface area contributed by atoms with Gasteiger partial charge in [-0.1, -0.05) is 23.7 Å². The van der Waals surface area contributed by atoms with Crippen LogP contribution in [0.2, 0.25) is 5.02 Å². The van der Waals surface area contributed by atoms with E-state index in [2.05, 4.69) is 17.1 Å². The fraction of sp³-hybridized carbons (Fsp3) is 0.533. The van der Waals surface area contributed by atoms with Gasteiger partial charge in [-0.15, -0.1) is 0 Å². The molecule has 5 heteroatoms. The number of amides is 1.